The molecule has 29 heavy (non-hydrogen) atoms. The molecule has 0 bridgehead atoms. The van der Waals surface area contributed by atoms with Crippen LogP contribution in [0, 0.1) is 5.41 Å². The number of morpholine rings is 1. The van der Waals surface area contributed by atoms with Crippen molar-refractivity contribution in [3.05, 3.63) is 35.9 Å². The maximum atomic E-state index is 12.7. The monoisotopic (exact) mass is 399 g/mol. The topological polar surface area (TPSA) is 61.9 Å². The van der Waals surface area contributed by atoms with Gasteiger partial charge in [0, 0.05) is 51.6 Å². The van der Waals surface area contributed by atoms with E-state index in [1.807, 2.05) is 11.0 Å². The molecule has 3 fully saturated rings. The molecular formula is C23H33N3O3. The summed E-state index contributed by atoms with van der Waals surface area (Å²) >= 11 is 0. The first kappa shape index (κ1) is 20.4. The Kier molecular flexibility index (Phi) is 6.50. The maximum absolute atomic E-state index is 12.7. The minimum absolute atomic E-state index is 0.146. The fourth-order valence-corrected chi connectivity index (χ4v) is 4.94. The lowest BCUT2D eigenvalue weighted by molar-refractivity contribution is -0.142. The largest absolute Gasteiger partial charge is 0.378 e. The number of rotatable bonds is 5. The van der Waals surface area contributed by atoms with Crippen molar-refractivity contribution >= 4 is 11.8 Å². The van der Waals surface area contributed by atoms with Gasteiger partial charge in [-0.15, -0.1) is 0 Å². The molecule has 1 N–H and O–H groups in total. The van der Waals surface area contributed by atoms with E-state index in [9.17, 15) is 9.59 Å². The Labute approximate surface area is 173 Å². The highest BCUT2D eigenvalue weighted by Crippen LogP contribution is 2.40. The molecule has 6 nitrogen and oxygen atoms in total. The minimum atomic E-state index is 0.146. The molecule has 0 aromatic heterocycles. The van der Waals surface area contributed by atoms with Crippen LogP contribution < -0.4 is 5.32 Å². The number of amides is 2. The van der Waals surface area contributed by atoms with Crippen LogP contribution in [0.15, 0.2) is 30.3 Å². The van der Waals surface area contributed by atoms with Crippen LogP contribution in [-0.4, -0.2) is 73.6 Å². The van der Waals surface area contributed by atoms with Gasteiger partial charge in [0.05, 0.1) is 13.2 Å². The molecule has 0 unspecified atom stereocenters. The smallest absolute Gasteiger partial charge is 0.224 e. The molecule has 0 aliphatic carbocycles. The standard InChI is InChI=1S/C23H33N3O3/c27-21-6-8-23(18-26(21)12-7-19-4-2-1-3-5-19)9-13-25(14-10-23)22(28)16-20-17-29-15-11-24-20/h1-5,20,24H,6-18H2/t20-/m1/s1. The third kappa shape index (κ3) is 5.17. The van der Waals surface area contributed by atoms with E-state index in [2.05, 4.69) is 34.5 Å². The summed E-state index contributed by atoms with van der Waals surface area (Å²) in [5.41, 5.74) is 1.47. The Balaban J connectivity index is 1.27. The number of piperidine rings is 2. The molecule has 3 saturated heterocycles. The molecule has 3 aliphatic heterocycles. The van der Waals surface area contributed by atoms with Gasteiger partial charge in [-0.25, -0.2) is 0 Å². The van der Waals surface area contributed by atoms with E-state index >= 15 is 0 Å². The molecule has 1 aromatic rings. The van der Waals surface area contributed by atoms with Crippen LogP contribution in [-0.2, 0) is 20.7 Å². The molecule has 2 amide bonds. The SMILES string of the molecule is O=C(C[C@@H]1COCCN1)N1CCC2(CCC(=O)N(CCc3ccccc3)C2)CC1. The summed E-state index contributed by atoms with van der Waals surface area (Å²) in [6.07, 6.45) is 5.04. The lowest BCUT2D eigenvalue weighted by atomic mass is 9.72. The van der Waals surface area contributed by atoms with Gasteiger partial charge in [-0.2, -0.15) is 0 Å². The van der Waals surface area contributed by atoms with E-state index < -0.39 is 0 Å². The van der Waals surface area contributed by atoms with Gasteiger partial charge in [0.1, 0.15) is 0 Å². The summed E-state index contributed by atoms with van der Waals surface area (Å²) in [6, 6.07) is 10.5. The molecule has 6 heteroatoms. The maximum Gasteiger partial charge on any atom is 0.224 e. The molecular weight excluding hydrogens is 366 g/mol. The predicted octanol–water partition coefficient (Wildman–Crippen LogP) is 1.84. The lowest BCUT2D eigenvalue weighted by Crippen LogP contribution is -2.53. The van der Waals surface area contributed by atoms with E-state index in [4.69, 9.17) is 4.74 Å². The Bertz CT molecular complexity index is 695. The summed E-state index contributed by atoms with van der Waals surface area (Å²) in [4.78, 5) is 29.2. The summed E-state index contributed by atoms with van der Waals surface area (Å²) in [5.74, 6) is 0.518. The number of nitrogens with one attached hydrogen (secondary N) is 1. The van der Waals surface area contributed by atoms with E-state index in [1.54, 1.807) is 0 Å². The van der Waals surface area contributed by atoms with Crippen molar-refractivity contribution in [2.45, 2.75) is 44.6 Å². The van der Waals surface area contributed by atoms with E-state index in [0.29, 0.717) is 19.4 Å². The first-order chi connectivity index (χ1) is 14.1. The van der Waals surface area contributed by atoms with Crippen molar-refractivity contribution < 1.29 is 14.3 Å². The third-order valence-corrected chi connectivity index (χ3v) is 6.86. The van der Waals surface area contributed by atoms with Crippen molar-refractivity contribution in [1.82, 2.24) is 15.1 Å². The van der Waals surface area contributed by atoms with Gasteiger partial charge in [0.2, 0.25) is 11.8 Å². The van der Waals surface area contributed by atoms with E-state index in [1.165, 1.54) is 5.56 Å². The second-order valence-corrected chi connectivity index (χ2v) is 8.86. The summed E-state index contributed by atoms with van der Waals surface area (Å²) in [6.45, 7) is 5.45. The summed E-state index contributed by atoms with van der Waals surface area (Å²) in [7, 11) is 0. The van der Waals surface area contributed by atoms with Crippen molar-refractivity contribution in [1.29, 1.82) is 0 Å². The van der Waals surface area contributed by atoms with Gasteiger partial charge in [-0.3, -0.25) is 9.59 Å². The fourth-order valence-electron chi connectivity index (χ4n) is 4.94. The summed E-state index contributed by atoms with van der Waals surface area (Å²) < 4.78 is 5.47. The number of likely N-dealkylation sites (tertiary alicyclic amines) is 2. The zero-order chi connectivity index (χ0) is 20.1. The van der Waals surface area contributed by atoms with Crippen molar-refractivity contribution in [3.8, 4) is 0 Å². The second-order valence-electron chi connectivity index (χ2n) is 8.86. The second kappa shape index (κ2) is 9.26. The Morgan fingerprint density at radius 1 is 1.17 bits per heavy atom. The quantitative estimate of drug-likeness (QED) is 0.821. The molecule has 3 heterocycles. The van der Waals surface area contributed by atoms with Crippen molar-refractivity contribution in [2.75, 3.05) is 45.9 Å². The van der Waals surface area contributed by atoms with E-state index in [-0.39, 0.29) is 23.3 Å². The van der Waals surface area contributed by atoms with Gasteiger partial charge in [-0.05, 0) is 36.7 Å². The molecule has 0 saturated carbocycles. The molecule has 158 valence electrons. The van der Waals surface area contributed by atoms with Crippen molar-refractivity contribution in [3.63, 3.8) is 0 Å². The molecule has 1 aromatic carbocycles. The van der Waals surface area contributed by atoms with Crippen LogP contribution in [0.1, 0.15) is 37.7 Å². The average Bonchev–Trinajstić information content (AvgIpc) is 2.76. The Hall–Kier alpha value is -1.92. The Morgan fingerprint density at radius 3 is 2.69 bits per heavy atom. The molecule has 0 radical (unpaired) electrons. The van der Waals surface area contributed by atoms with Crippen LogP contribution in [0.5, 0.6) is 0 Å². The minimum Gasteiger partial charge on any atom is -0.378 e. The van der Waals surface area contributed by atoms with Crippen LogP contribution in [0.2, 0.25) is 0 Å². The van der Waals surface area contributed by atoms with Gasteiger partial charge >= 0.3 is 0 Å². The number of nitrogens with zero attached hydrogens (tertiary/aromatic N) is 2. The molecule has 4 rings (SSSR count). The average molecular weight is 400 g/mol. The van der Waals surface area contributed by atoms with Gasteiger partial charge in [0.25, 0.3) is 0 Å². The lowest BCUT2D eigenvalue weighted by Gasteiger charge is -2.47. The molecule has 3 aliphatic rings. The number of benzene rings is 1. The van der Waals surface area contributed by atoms with Crippen LogP contribution in [0.4, 0.5) is 0 Å². The zero-order valence-corrected chi connectivity index (χ0v) is 17.3. The number of carbonyl (C=O) groups excluding carboxylic acids is 2. The highest BCUT2D eigenvalue weighted by molar-refractivity contribution is 5.78. The highest BCUT2D eigenvalue weighted by atomic mass is 16.5. The van der Waals surface area contributed by atoms with Gasteiger partial charge in [-0.1, -0.05) is 30.3 Å². The highest BCUT2D eigenvalue weighted by Gasteiger charge is 2.41. The zero-order valence-electron chi connectivity index (χ0n) is 17.3. The fraction of sp³-hybridized carbons (Fsp3) is 0.652. The van der Waals surface area contributed by atoms with Gasteiger partial charge in [0.15, 0.2) is 0 Å². The van der Waals surface area contributed by atoms with Crippen LogP contribution in [0.3, 0.4) is 0 Å². The van der Waals surface area contributed by atoms with Crippen LogP contribution >= 0.6 is 0 Å². The van der Waals surface area contributed by atoms with Crippen LogP contribution in [0.25, 0.3) is 0 Å². The predicted molar refractivity (Wildman–Crippen MR) is 111 cm³/mol. The first-order valence-electron chi connectivity index (χ1n) is 11.0. The Morgan fingerprint density at radius 2 is 1.97 bits per heavy atom. The van der Waals surface area contributed by atoms with Gasteiger partial charge < -0.3 is 19.9 Å². The number of hydrogen-bond donors (Lipinski definition) is 1. The molecule has 1 spiro atoms. The molecule has 1 atom stereocenters. The van der Waals surface area contributed by atoms with Crippen molar-refractivity contribution in [2.24, 2.45) is 5.41 Å². The number of carbonyl (C=O) groups is 2. The number of hydrogen-bond acceptors (Lipinski definition) is 4. The number of ether oxygens (including phenoxy) is 1. The van der Waals surface area contributed by atoms with E-state index in [0.717, 1.165) is 65.0 Å². The first-order valence-corrected chi connectivity index (χ1v) is 11.0. The summed E-state index contributed by atoms with van der Waals surface area (Å²) in [5, 5.41) is 3.37. The normalized spacial score (nSPS) is 24.7. The third-order valence-electron chi connectivity index (χ3n) is 6.86.